The molecule has 7 nitrogen and oxygen atoms in total. The number of morpholine rings is 1. The number of nitrogens with zero attached hydrogens (tertiary/aromatic N) is 3. The fourth-order valence-electron chi connectivity index (χ4n) is 2.15. The monoisotopic (exact) mass is 280 g/mol. The molecule has 1 fully saturated rings. The topological polar surface area (TPSA) is 87.6 Å². The van der Waals surface area contributed by atoms with Gasteiger partial charge >= 0.3 is 5.97 Å². The molecule has 20 heavy (non-hydrogen) atoms. The summed E-state index contributed by atoms with van der Waals surface area (Å²) in [5.74, 6) is -0.718. The van der Waals surface area contributed by atoms with Crippen LogP contribution in [0.15, 0.2) is 6.07 Å². The van der Waals surface area contributed by atoms with E-state index in [0.717, 1.165) is 26.2 Å². The van der Waals surface area contributed by atoms with Gasteiger partial charge < -0.3 is 15.2 Å². The summed E-state index contributed by atoms with van der Waals surface area (Å²) in [5, 5.41) is 12.0. The van der Waals surface area contributed by atoms with Crippen LogP contribution in [-0.2, 0) is 4.74 Å². The van der Waals surface area contributed by atoms with Gasteiger partial charge in [0.15, 0.2) is 5.69 Å². The quantitative estimate of drug-likeness (QED) is 0.817. The Morgan fingerprint density at radius 2 is 2.40 bits per heavy atom. The summed E-state index contributed by atoms with van der Waals surface area (Å²) >= 11 is 0. The zero-order valence-corrected chi connectivity index (χ0v) is 11.8. The van der Waals surface area contributed by atoms with E-state index < -0.39 is 5.97 Å². The number of aromatic nitrogens is 2. The van der Waals surface area contributed by atoms with Crippen molar-refractivity contribution in [1.82, 2.24) is 14.9 Å². The van der Waals surface area contributed by atoms with Crippen molar-refractivity contribution in [3.05, 3.63) is 17.5 Å². The number of hydrogen-bond acceptors (Lipinski definition) is 6. The zero-order valence-electron chi connectivity index (χ0n) is 11.8. The fourth-order valence-corrected chi connectivity index (χ4v) is 2.15. The Kier molecular flexibility index (Phi) is 4.86. The van der Waals surface area contributed by atoms with Gasteiger partial charge in [-0.25, -0.2) is 14.8 Å². The first-order valence-electron chi connectivity index (χ1n) is 6.75. The van der Waals surface area contributed by atoms with E-state index >= 15 is 0 Å². The van der Waals surface area contributed by atoms with Gasteiger partial charge in [-0.05, 0) is 19.5 Å². The molecule has 0 aliphatic carbocycles. The average Bonchev–Trinajstić information content (AvgIpc) is 2.44. The molecule has 0 spiro atoms. The second kappa shape index (κ2) is 6.62. The van der Waals surface area contributed by atoms with Crippen molar-refractivity contribution in [2.24, 2.45) is 0 Å². The number of carboxylic acids is 1. The van der Waals surface area contributed by atoms with Crippen LogP contribution in [0, 0.1) is 6.92 Å². The van der Waals surface area contributed by atoms with Crippen LogP contribution in [0.3, 0.4) is 0 Å². The van der Waals surface area contributed by atoms with Crippen molar-refractivity contribution >= 4 is 11.9 Å². The summed E-state index contributed by atoms with van der Waals surface area (Å²) in [5.41, 5.74) is 0.624. The van der Waals surface area contributed by atoms with E-state index in [1.54, 1.807) is 6.92 Å². The number of hydrogen-bond donors (Lipinski definition) is 2. The van der Waals surface area contributed by atoms with Crippen LogP contribution in [0.25, 0.3) is 0 Å². The Morgan fingerprint density at radius 1 is 1.60 bits per heavy atom. The molecule has 7 heteroatoms. The van der Waals surface area contributed by atoms with E-state index in [-0.39, 0.29) is 11.8 Å². The van der Waals surface area contributed by atoms with Crippen LogP contribution in [0.4, 0.5) is 5.95 Å². The number of likely N-dealkylation sites (N-methyl/N-ethyl adjacent to an activating group) is 1. The van der Waals surface area contributed by atoms with Crippen LogP contribution >= 0.6 is 0 Å². The van der Waals surface area contributed by atoms with Gasteiger partial charge in [0, 0.05) is 25.3 Å². The normalized spacial score (nSPS) is 19.8. The number of carboxylic acid groups (broad SMARTS) is 1. The third kappa shape index (κ3) is 3.88. The third-order valence-electron chi connectivity index (χ3n) is 3.23. The number of anilines is 1. The van der Waals surface area contributed by atoms with Crippen molar-refractivity contribution in [3.63, 3.8) is 0 Å². The van der Waals surface area contributed by atoms with E-state index in [4.69, 9.17) is 9.84 Å². The molecule has 1 aliphatic heterocycles. The third-order valence-corrected chi connectivity index (χ3v) is 3.23. The van der Waals surface area contributed by atoms with E-state index in [1.807, 2.05) is 0 Å². The van der Waals surface area contributed by atoms with E-state index in [1.165, 1.54) is 6.07 Å². The van der Waals surface area contributed by atoms with Crippen molar-refractivity contribution in [1.29, 1.82) is 0 Å². The van der Waals surface area contributed by atoms with Crippen molar-refractivity contribution in [2.75, 3.05) is 38.1 Å². The lowest BCUT2D eigenvalue weighted by Gasteiger charge is -2.32. The summed E-state index contributed by atoms with van der Waals surface area (Å²) in [6.45, 7) is 7.98. The lowest BCUT2D eigenvalue weighted by atomic mass is 10.2. The van der Waals surface area contributed by atoms with Crippen LogP contribution < -0.4 is 5.32 Å². The molecule has 2 N–H and O–H groups in total. The van der Waals surface area contributed by atoms with Gasteiger partial charge in [0.1, 0.15) is 0 Å². The molecule has 0 radical (unpaired) electrons. The lowest BCUT2D eigenvalue weighted by molar-refractivity contribution is -0.0192. The van der Waals surface area contributed by atoms with Crippen LogP contribution in [0.2, 0.25) is 0 Å². The first-order chi connectivity index (χ1) is 9.58. The molecule has 1 saturated heterocycles. The predicted octanol–water partition coefficient (Wildman–Crippen LogP) is 0.616. The van der Waals surface area contributed by atoms with Gasteiger partial charge in [-0.1, -0.05) is 6.92 Å². The summed E-state index contributed by atoms with van der Waals surface area (Å²) in [6, 6.07) is 1.45. The lowest BCUT2D eigenvalue weighted by Crippen LogP contribution is -2.45. The molecular formula is C13H20N4O3. The van der Waals surface area contributed by atoms with Gasteiger partial charge in [-0.15, -0.1) is 0 Å². The van der Waals surface area contributed by atoms with Gasteiger partial charge in [-0.3, -0.25) is 4.90 Å². The predicted molar refractivity (Wildman–Crippen MR) is 74.1 cm³/mol. The zero-order chi connectivity index (χ0) is 14.5. The maximum absolute atomic E-state index is 10.9. The second-order valence-electron chi connectivity index (χ2n) is 4.79. The highest BCUT2D eigenvalue weighted by molar-refractivity contribution is 5.85. The van der Waals surface area contributed by atoms with Gasteiger partial charge in [0.25, 0.3) is 0 Å². The Hall–Kier alpha value is -1.73. The highest BCUT2D eigenvalue weighted by Crippen LogP contribution is 2.08. The number of aromatic carboxylic acids is 1. The molecule has 2 heterocycles. The molecule has 0 bridgehead atoms. The van der Waals surface area contributed by atoms with Gasteiger partial charge in [0.05, 0.1) is 12.7 Å². The highest BCUT2D eigenvalue weighted by atomic mass is 16.5. The molecule has 0 amide bonds. The first kappa shape index (κ1) is 14.7. The Morgan fingerprint density at radius 3 is 3.10 bits per heavy atom. The molecule has 1 unspecified atom stereocenters. The maximum atomic E-state index is 10.9. The molecule has 1 atom stereocenters. The minimum Gasteiger partial charge on any atom is -0.477 e. The summed E-state index contributed by atoms with van der Waals surface area (Å²) in [7, 11) is 0. The fraction of sp³-hybridized carbons (Fsp3) is 0.615. The van der Waals surface area contributed by atoms with Crippen LogP contribution in [0.1, 0.15) is 23.1 Å². The number of aryl methyl sites for hydroxylation is 1. The van der Waals surface area contributed by atoms with E-state index in [2.05, 4.69) is 27.1 Å². The van der Waals surface area contributed by atoms with Crippen molar-refractivity contribution in [3.8, 4) is 0 Å². The molecule has 0 saturated carbocycles. The minimum absolute atomic E-state index is 0.000234. The summed E-state index contributed by atoms with van der Waals surface area (Å²) in [6.07, 6.45) is 0.0705. The van der Waals surface area contributed by atoms with Crippen LogP contribution in [-0.4, -0.2) is 64.8 Å². The van der Waals surface area contributed by atoms with E-state index in [0.29, 0.717) is 18.2 Å². The molecule has 1 aromatic heterocycles. The number of rotatable bonds is 5. The Labute approximate surface area is 118 Å². The van der Waals surface area contributed by atoms with Gasteiger partial charge in [0.2, 0.25) is 5.95 Å². The van der Waals surface area contributed by atoms with Crippen LogP contribution in [0.5, 0.6) is 0 Å². The number of ether oxygens (including phenoxy) is 1. The Balaban J connectivity index is 1.95. The summed E-state index contributed by atoms with van der Waals surface area (Å²) < 4.78 is 5.66. The minimum atomic E-state index is -1.05. The van der Waals surface area contributed by atoms with Crippen molar-refractivity contribution < 1.29 is 14.6 Å². The molecule has 0 aromatic carbocycles. The van der Waals surface area contributed by atoms with E-state index in [9.17, 15) is 4.79 Å². The first-order valence-corrected chi connectivity index (χ1v) is 6.75. The highest BCUT2D eigenvalue weighted by Gasteiger charge is 2.19. The second-order valence-corrected chi connectivity index (χ2v) is 4.79. The molecule has 110 valence electrons. The number of carbonyl (C=O) groups is 1. The average molecular weight is 280 g/mol. The SMILES string of the molecule is CCN1CCOC(CNc2nc(C)cc(C(=O)O)n2)C1. The molecule has 1 aliphatic rings. The molecule has 2 rings (SSSR count). The van der Waals surface area contributed by atoms with Crippen molar-refractivity contribution in [2.45, 2.75) is 20.0 Å². The summed E-state index contributed by atoms with van der Waals surface area (Å²) in [4.78, 5) is 21.4. The smallest absolute Gasteiger partial charge is 0.354 e. The van der Waals surface area contributed by atoms with Gasteiger partial charge in [-0.2, -0.15) is 0 Å². The maximum Gasteiger partial charge on any atom is 0.354 e. The molecule has 1 aromatic rings. The molecular weight excluding hydrogens is 260 g/mol. The number of nitrogens with one attached hydrogen (secondary N) is 1. The standard InChI is InChI=1S/C13H20N4O3/c1-3-17-4-5-20-10(8-17)7-14-13-15-9(2)6-11(16-13)12(18)19/h6,10H,3-5,7-8H2,1-2H3,(H,18,19)(H,14,15,16). The largest absolute Gasteiger partial charge is 0.477 e. The Bertz CT molecular complexity index is 481.